The summed E-state index contributed by atoms with van der Waals surface area (Å²) in [6.07, 6.45) is -4.92. The van der Waals surface area contributed by atoms with Crippen molar-refractivity contribution < 1.29 is 71.2 Å². The van der Waals surface area contributed by atoms with Gasteiger partial charge in [0.25, 0.3) is 11.7 Å². The Balaban J connectivity index is 1.09. The van der Waals surface area contributed by atoms with Gasteiger partial charge in [-0.3, -0.25) is 13.9 Å². The fourth-order valence-electron chi connectivity index (χ4n) is 4.92. The highest BCUT2D eigenvalue weighted by Crippen LogP contribution is 2.65. The molecule has 6 heterocycles. The molecule has 236 valence electrons. The van der Waals surface area contributed by atoms with Crippen LogP contribution in [0.3, 0.4) is 0 Å². The number of aromatic nitrogens is 5. The van der Waals surface area contributed by atoms with Crippen LogP contribution in [0.15, 0.2) is 48.7 Å². The maximum atomic E-state index is 12.6. The number of carbonyl (C=O) groups excluding carboxylic acids is 1. The molecule has 3 aromatic heterocycles. The molecule has 3 aliphatic rings. The second-order valence-electron chi connectivity index (χ2n) is 9.77. The van der Waals surface area contributed by atoms with Gasteiger partial charge >= 0.3 is 34.3 Å². The number of pyridine rings is 1. The van der Waals surface area contributed by atoms with Gasteiger partial charge in [0.15, 0.2) is 30.1 Å². The van der Waals surface area contributed by atoms with E-state index in [1.165, 1.54) is 40.0 Å². The van der Waals surface area contributed by atoms with Gasteiger partial charge < -0.3 is 50.8 Å². The van der Waals surface area contributed by atoms with E-state index < -0.39 is 82.8 Å². The van der Waals surface area contributed by atoms with Crippen LogP contribution in [0.5, 0.6) is 0 Å². The van der Waals surface area contributed by atoms with Crippen LogP contribution < -0.4 is 16.0 Å². The number of imidazole rings is 1. The molecule has 2 unspecified atom stereocenters. The molecule has 10 N–H and O–H groups in total. The van der Waals surface area contributed by atoms with E-state index >= 15 is 0 Å². The number of rotatable bonds is 10. The van der Waals surface area contributed by atoms with Crippen molar-refractivity contribution in [2.45, 2.75) is 43.2 Å². The molecule has 0 bridgehead atoms. The SMILES string of the molecule is NC(=O)c1ccc[n+]([C@H]2C(O)=C(O)[C@H]3[C@@H](OP(=O)(O)OP(=O)(O)OC[C@H]4O[C@@H](n5cnc6c(N)ncnc65)[C@H](O)[C@@H]4O)[O+]23)c1. The smallest absolute Gasteiger partial charge is 0.487 e. The third-order valence-electron chi connectivity index (χ3n) is 6.98. The summed E-state index contributed by atoms with van der Waals surface area (Å²) in [5.41, 5.74) is 11.4. The first-order valence-electron chi connectivity index (χ1n) is 12.5. The minimum Gasteiger partial charge on any atom is -0.502 e. The molecule has 1 amide bonds. The topological polar surface area (TPSA) is 312 Å². The summed E-state index contributed by atoms with van der Waals surface area (Å²) < 4.78 is 49.5. The van der Waals surface area contributed by atoms with Crippen LogP contribution in [0, 0.1) is 0 Å². The van der Waals surface area contributed by atoms with E-state index in [-0.39, 0.29) is 22.5 Å². The zero-order valence-corrected chi connectivity index (χ0v) is 23.7. The number of hydrogen-bond acceptors (Lipinski definition) is 15. The van der Waals surface area contributed by atoms with Gasteiger partial charge in [0.1, 0.15) is 35.7 Å². The second-order valence-corrected chi connectivity index (χ2v) is 12.8. The van der Waals surface area contributed by atoms with E-state index in [4.69, 9.17) is 25.3 Å². The van der Waals surface area contributed by atoms with E-state index in [0.717, 1.165) is 6.33 Å². The molecule has 44 heavy (non-hydrogen) atoms. The normalized spacial score (nSPS) is 31.1. The Morgan fingerprint density at radius 2 is 1.89 bits per heavy atom. The molecule has 2 fully saturated rings. The van der Waals surface area contributed by atoms with Crippen LogP contribution in [-0.2, 0) is 31.6 Å². The average Bonchev–Trinajstić information content (AvgIpc) is 3.19. The first-order chi connectivity index (χ1) is 20.7. The highest BCUT2D eigenvalue weighted by molar-refractivity contribution is 7.61. The first kappa shape index (κ1) is 30.4. The number of nitrogens with two attached hydrogens (primary N) is 2. The molecule has 0 spiro atoms. The fraction of sp³-hybridized carbons (Fsp3) is 0.381. The lowest BCUT2D eigenvalue weighted by atomic mass is 10.1. The maximum absolute atomic E-state index is 12.6. The Morgan fingerprint density at radius 1 is 1.14 bits per heavy atom. The van der Waals surface area contributed by atoms with Gasteiger partial charge in [-0.05, 0) is 6.07 Å². The second kappa shape index (κ2) is 10.8. The van der Waals surface area contributed by atoms with Crippen molar-refractivity contribution in [2.24, 2.45) is 5.73 Å². The molecule has 9 atom stereocenters. The number of nitrogens with zero attached hydrogens (tertiary/aromatic N) is 5. The van der Waals surface area contributed by atoms with Crippen molar-refractivity contribution in [3.63, 3.8) is 0 Å². The van der Waals surface area contributed by atoms with E-state index in [1.54, 1.807) is 0 Å². The van der Waals surface area contributed by atoms with Gasteiger partial charge in [-0.2, -0.15) is 4.31 Å². The molecule has 3 aromatic rings. The number of amides is 1. The summed E-state index contributed by atoms with van der Waals surface area (Å²) in [7, 11) is -10.8. The van der Waals surface area contributed by atoms with Crippen molar-refractivity contribution in [1.82, 2.24) is 19.5 Å². The van der Waals surface area contributed by atoms with Crippen LogP contribution in [0.4, 0.5) is 5.82 Å². The van der Waals surface area contributed by atoms with Gasteiger partial charge in [0.05, 0.1) is 12.9 Å². The van der Waals surface area contributed by atoms with Gasteiger partial charge in [0, 0.05) is 6.07 Å². The molecule has 0 aliphatic carbocycles. The third-order valence-corrected chi connectivity index (χ3v) is 9.58. The summed E-state index contributed by atoms with van der Waals surface area (Å²) in [5.74, 6) is -1.96. The largest absolute Gasteiger partial charge is 0.502 e. The maximum Gasteiger partial charge on any atom is 0.487 e. The number of primary amides is 1. The van der Waals surface area contributed by atoms with Crippen molar-refractivity contribution in [3.8, 4) is 0 Å². The Labute approximate surface area is 245 Å². The quantitative estimate of drug-likeness (QED) is 0.0528. The van der Waals surface area contributed by atoms with Gasteiger partial charge in [0.2, 0.25) is 5.76 Å². The minimum absolute atomic E-state index is 0.0462. The third kappa shape index (κ3) is 5.33. The van der Waals surface area contributed by atoms with Crippen molar-refractivity contribution >= 4 is 38.5 Å². The molecule has 21 nitrogen and oxygen atoms in total. The zero-order chi connectivity index (χ0) is 31.7. The highest BCUT2D eigenvalue weighted by Gasteiger charge is 2.78. The highest BCUT2D eigenvalue weighted by atomic mass is 31.3. The molecular formula is C21H25N7O14P2+2. The van der Waals surface area contributed by atoms with Crippen LogP contribution in [0.25, 0.3) is 11.2 Å². The van der Waals surface area contributed by atoms with E-state index in [1.807, 2.05) is 0 Å². The summed E-state index contributed by atoms with van der Waals surface area (Å²) in [6, 6.07) is 2.81. The lowest BCUT2D eigenvalue weighted by Gasteiger charge is -2.18. The number of ether oxygens (including phenoxy) is 1. The standard InChI is InChI=1S/C21H23N7O14P2/c22-16-10-18(25-6-24-16)28(7-26-10)19-13(31)11(29)9(39-19)5-38-43(34,35)41-44(36,37)40-21-15-12(30)14(32)20(42(15)21)27-3-1-2-8(4-27)17(23)33/h1-4,6-7,9,11,13,15,19-21,29,31H,5H2,(H6-2,22,23,24,25,30,32,33,34,35,36,37)/p+2/t9-,11-,13-,15+,19-,20-,21+/m1/s1. The number of nitrogen functional groups attached to an aromatic ring is 1. The molecule has 3 aliphatic heterocycles. The Hall–Kier alpha value is -3.59. The van der Waals surface area contributed by atoms with E-state index in [2.05, 4.69) is 23.6 Å². The summed E-state index contributed by atoms with van der Waals surface area (Å²) >= 11 is 0. The van der Waals surface area contributed by atoms with Crippen LogP contribution in [0.2, 0.25) is 0 Å². The molecule has 0 radical (unpaired) electrons. The van der Waals surface area contributed by atoms with Gasteiger partial charge in [-0.15, -0.1) is 4.57 Å². The monoisotopic (exact) mass is 661 g/mol. The number of fused-ring (bicyclic) bond motifs is 2. The molecule has 2 saturated heterocycles. The van der Waals surface area contributed by atoms with Crippen molar-refractivity contribution in [3.05, 3.63) is 54.3 Å². The van der Waals surface area contributed by atoms with Crippen LogP contribution in [-0.4, -0.2) is 93.0 Å². The molecule has 23 heteroatoms. The lowest BCUT2D eigenvalue weighted by molar-refractivity contribution is -0.765. The Morgan fingerprint density at radius 3 is 2.61 bits per heavy atom. The fourth-order valence-corrected chi connectivity index (χ4v) is 7.12. The number of aliphatic hydroxyl groups excluding tert-OH is 4. The van der Waals surface area contributed by atoms with E-state index in [0.29, 0.717) is 0 Å². The lowest BCUT2D eigenvalue weighted by Crippen LogP contribution is -2.43. The number of anilines is 1. The minimum atomic E-state index is -5.41. The summed E-state index contributed by atoms with van der Waals surface area (Å²) in [5, 5.41) is 41.6. The predicted molar refractivity (Wildman–Crippen MR) is 139 cm³/mol. The Kier molecular flexibility index (Phi) is 7.46. The average molecular weight is 661 g/mol. The van der Waals surface area contributed by atoms with Crippen molar-refractivity contribution in [1.29, 1.82) is 0 Å². The molecule has 6 rings (SSSR count). The first-order valence-corrected chi connectivity index (χ1v) is 15.5. The van der Waals surface area contributed by atoms with Crippen LogP contribution >= 0.6 is 15.6 Å². The number of hydrogen-bond donors (Lipinski definition) is 8. The number of carbonyl (C=O) groups is 1. The van der Waals surface area contributed by atoms with Gasteiger partial charge in [-0.25, -0.2) is 28.6 Å². The molecule has 0 saturated carbocycles. The summed E-state index contributed by atoms with van der Waals surface area (Å²) in [6.45, 7) is -0.897. The molecular weight excluding hydrogens is 636 g/mol. The number of phosphoric acid groups is 2. The van der Waals surface area contributed by atoms with Gasteiger partial charge in [-0.1, -0.05) is 0 Å². The van der Waals surface area contributed by atoms with Crippen LogP contribution in [0.1, 0.15) is 22.8 Å². The zero-order valence-electron chi connectivity index (χ0n) is 21.9. The number of epoxide rings is 1. The number of phosphoric ester groups is 2. The van der Waals surface area contributed by atoms with E-state index in [9.17, 15) is 44.1 Å². The molecule has 0 aromatic carbocycles. The predicted octanol–water partition coefficient (Wildman–Crippen LogP) is -1.53. The number of aliphatic hydroxyl groups is 4. The summed E-state index contributed by atoms with van der Waals surface area (Å²) in [4.78, 5) is 43.7. The Bertz CT molecular complexity index is 1770. The van der Waals surface area contributed by atoms with Crippen molar-refractivity contribution in [2.75, 3.05) is 12.3 Å².